The number of aromatic nitrogens is 4. The fourth-order valence-electron chi connectivity index (χ4n) is 2.89. The van der Waals surface area contributed by atoms with E-state index in [1.807, 2.05) is 26.0 Å². The monoisotopic (exact) mass is 372 g/mol. The molecule has 0 aliphatic carbocycles. The van der Waals surface area contributed by atoms with Crippen LogP contribution >= 0.6 is 22.9 Å². The first-order valence-corrected chi connectivity index (χ1v) is 9.13. The molecule has 0 N–H and O–H groups in total. The molecule has 4 aromatic rings. The molecule has 4 rings (SSSR count). The summed E-state index contributed by atoms with van der Waals surface area (Å²) in [5, 5.41) is 6.33. The Morgan fingerprint density at radius 3 is 2.60 bits per heavy atom. The molecule has 5 nitrogen and oxygen atoms in total. The van der Waals surface area contributed by atoms with E-state index >= 15 is 0 Å². The Balaban J connectivity index is 1.67. The summed E-state index contributed by atoms with van der Waals surface area (Å²) < 4.78 is 7.59. The minimum absolute atomic E-state index is 0.297. The number of benzene rings is 1. The first-order valence-electron chi connectivity index (χ1n) is 7.93. The van der Waals surface area contributed by atoms with Crippen LogP contribution in [0.1, 0.15) is 27.4 Å². The van der Waals surface area contributed by atoms with Crippen molar-refractivity contribution in [2.24, 2.45) is 0 Å². The van der Waals surface area contributed by atoms with Crippen molar-refractivity contribution in [3.8, 4) is 5.75 Å². The number of ether oxygens (including phenoxy) is 1. The topological polar surface area (TPSA) is 52.3 Å². The number of fused-ring (bicyclic) bond motifs is 3. The molecule has 0 aliphatic rings. The second kappa shape index (κ2) is 5.97. The van der Waals surface area contributed by atoms with Gasteiger partial charge in [0.05, 0.1) is 5.39 Å². The fraction of sp³-hybridized carbons (Fsp3) is 0.278. The molecule has 0 fully saturated rings. The average Bonchev–Trinajstić information content (AvgIpc) is 3.11. The van der Waals surface area contributed by atoms with Crippen LogP contribution in [-0.4, -0.2) is 19.6 Å². The molecular formula is C18H17ClN4OS. The van der Waals surface area contributed by atoms with E-state index < -0.39 is 0 Å². The summed E-state index contributed by atoms with van der Waals surface area (Å²) in [6.07, 6.45) is 1.71. The molecule has 0 saturated carbocycles. The van der Waals surface area contributed by atoms with Gasteiger partial charge in [0, 0.05) is 9.90 Å². The number of thiophene rings is 1. The van der Waals surface area contributed by atoms with Crippen molar-refractivity contribution in [1.82, 2.24) is 19.6 Å². The summed E-state index contributed by atoms with van der Waals surface area (Å²) >= 11 is 7.88. The van der Waals surface area contributed by atoms with Gasteiger partial charge in [-0.05, 0) is 56.5 Å². The molecule has 0 bridgehead atoms. The van der Waals surface area contributed by atoms with E-state index in [4.69, 9.17) is 16.3 Å². The maximum Gasteiger partial charge on any atom is 0.189 e. The van der Waals surface area contributed by atoms with Crippen LogP contribution in [0.25, 0.3) is 15.9 Å². The molecule has 3 heterocycles. The third kappa shape index (κ3) is 2.75. The highest BCUT2D eigenvalue weighted by atomic mass is 35.5. The maximum atomic E-state index is 6.20. The average molecular weight is 373 g/mol. The first-order chi connectivity index (χ1) is 11.9. The molecule has 0 aliphatic heterocycles. The number of hydrogen-bond acceptors (Lipinski definition) is 5. The van der Waals surface area contributed by atoms with Crippen molar-refractivity contribution in [3.05, 3.63) is 50.9 Å². The molecule has 0 radical (unpaired) electrons. The minimum atomic E-state index is 0.297. The van der Waals surface area contributed by atoms with Crippen LogP contribution in [0.3, 0.4) is 0 Å². The van der Waals surface area contributed by atoms with Crippen LogP contribution in [0.2, 0.25) is 5.02 Å². The second-order valence-electron chi connectivity index (χ2n) is 6.16. The summed E-state index contributed by atoms with van der Waals surface area (Å²) in [7, 11) is 0. The van der Waals surface area contributed by atoms with Crippen molar-refractivity contribution in [2.45, 2.75) is 34.3 Å². The number of rotatable bonds is 3. The first kappa shape index (κ1) is 16.3. The molecule has 3 aromatic heterocycles. The second-order valence-corrected chi connectivity index (χ2v) is 7.75. The third-order valence-corrected chi connectivity index (χ3v) is 6.04. The van der Waals surface area contributed by atoms with Crippen molar-refractivity contribution >= 4 is 38.8 Å². The highest BCUT2D eigenvalue weighted by molar-refractivity contribution is 7.18. The molecule has 0 atom stereocenters. The van der Waals surface area contributed by atoms with E-state index in [-0.39, 0.29) is 0 Å². The summed E-state index contributed by atoms with van der Waals surface area (Å²) in [6, 6.07) is 3.86. The quantitative estimate of drug-likeness (QED) is 0.518. The van der Waals surface area contributed by atoms with Gasteiger partial charge in [0.25, 0.3) is 0 Å². The molecule has 0 spiro atoms. The number of aryl methyl sites for hydroxylation is 4. The maximum absolute atomic E-state index is 6.20. The van der Waals surface area contributed by atoms with Crippen molar-refractivity contribution in [1.29, 1.82) is 0 Å². The normalized spacial score (nSPS) is 11.6. The van der Waals surface area contributed by atoms with E-state index in [9.17, 15) is 0 Å². The van der Waals surface area contributed by atoms with Gasteiger partial charge in [-0.3, -0.25) is 0 Å². The van der Waals surface area contributed by atoms with Crippen LogP contribution in [0.5, 0.6) is 5.75 Å². The molecule has 0 amide bonds. The number of nitrogens with zero attached hydrogens (tertiary/aromatic N) is 4. The van der Waals surface area contributed by atoms with Gasteiger partial charge >= 0.3 is 0 Å². The van der Waals surface area contributed by atoms with Crippen molar-refractivity contribution in [3.63, 3.8) is 0 Å². The molecule has 25 heavy (non-hydrogen) atoms. The lowest BCUT2D eigenvalue weighted by atomic mass is 10.1. The van der Waals surface area contributed by atoms with E-state index in [1.165, 1.54) is 10.4 Å². The Bertz CT molecular complexity index is 1090. The lowest BCUT2D eigenvalue weighted by molar-refractivity contribution is 0.295. The molecule has 0 saturated heterocycles. The van der Waals surface area contributed by atoms with Gasteiger partial charge in [-0.15, -0.1) is 16.4 Å². The zero-order chi connectivity index (χ0) is 17.7. The van der Waals surface area contributed by atoms with E-state index in [0.717, 1.165) is 37.8 Å². The molecular weight excluding hydrogens is 356 g/mol. The van der Waals surface area contributed by atoms with Crippen LogP contribution in [-0.2, 0) is 6.61 Å². The predicted octanol–water partition coefficient (Wildman–Crippen LogP) is 4.81. The van der Waals surface area contributed by atoms with Crippen LogP contribution in [0, 0.1) is 27.7 Å². The minimum Gasteiger partial charge on any atom is -0.486 e. The number of hydrogen-bond donors (Lipinski definition) is 0. The molecule has 1 aromatic carbocycles. The highest BCUT2D eigenvalue weighted by Crippen LogP contribution is 2.31. The van der Waals surface area contributed by atoms with E-state index in [1.54, 1.807) is 22.2 Å². The molecule has 0 unspecified atom stereocenters. The Hall–Kier alpha value is -2.18. The zero-order valence-electron chi connectivity index (χ0n) is 14.4. The van der Waals surface area contributed by atoms with Gasteiger partial charge < -0.3 is 4.74 Å². The van der Waals surface area contributed by atoms with E-state index in [2.05, 4.69) is 28.9 Å². The van der Waals surface area contributed by atoms with Gasteiger partial charge in [-0.25, -0.2) is 14.5 Å². The van der Waals surface area contributed by atoms with Crippen LogP contribution < -0.4 is 4.74 Å². The summed E-state index contributed by atoms with van der Waals surface area (Å²) in [5.74, 6) is 1.40. The van der Waals surface area contributed by atoms with Crippen LogP contribution in [0.4, 0.5) is 0 Å². The lowest BCUT2D eigenvalue weighted by Gasteiger charge is -2.08. The Morgan fingerprint density at radius 1 is 1.16 bits per heavy atom. The third-order valence-electron chi connectivity index (χ3n) is 4.33. The standard InChI is InChI=1S/C18H17ClN4OS/c1-9-5-13(6-10(2)16(9)19)24-7-14-21-17-15-11(3)12(4)25-18(15)20-8-23(17)22-14/h5-6,8H,7H2,1-4H3. The zero-order valence-corrected chi connectivity index (χ0v) is 16.0. The summed E-state index contributed by atoms with van der Waals surface area (Å²) in [5.41, 5.74) is 4.03. The SMILES string of the molecule is Cc1cc(OCc2nc3c4c(C)c(C)sc4ncn3n2)cc(C)c1Cl. The summed E-state index contributed by atoms with van der Waals surface area (Å²) in [6.45, 7) is 8.43. The molecule has 128 valence electrons. The highest BCUT2D eigenvalue weighted by Gasteiger charge is 2.14. The smallest absolute Gasteiger partial charge is 0.189 e. The lowest BCUT2D eigenvalue weighted by Crippen LogP contribution is -1.99. The molecule has 7 heteroatoms. The van der Waals surface area contributed by atoms with Gasteiger partial charge in [-0.1, -0.05) is 11.6 Å². The van der Waals surface area contributed by atoms with Gasteiger partial charge in [-0.2, -0.15) is 0 Å². The summed E-state index contributed by atoms with van der Waals surface area (Å²) in [4.78, 5) is 11.4. The fourth-order valence-corrected chi connectivity index (χ4v) is 3.99. The van der Waals surface area contributed by atoms with Crippen LogP contribution in [0.15, 0.2) is 18.5 Å². The Morgan fingerprint density at radius 2 is 1.88 bits per heavy atom. The predicted molar refractivity (Wildman–Crippen MR) is 101 cm³/mol. The van der Waals surface area contributed by atoms with Gasteiger partial charge in [0.15, 0.2) is 11.5 Å². The van der Waals surface area contributed by atoms with Gasteiger partial charge in [0.2, 0.25) is 0 Å². The Labute approximate surface area is 154 Å². The largest absolute Gasteiger partial charge is 0.486 e. The Kier molecular flexibility index (Phi) is 3.89. The van der Waals surface area contributed by atoms with Crippen molar-refractivity contribution < 1.29 is 4.74 Å². The van der Waals surface area contributed by atoms with Crippen molar-refractivity contribution in [2.75, 3.05) is 0 Å². The van der Waals surface area contributed by atoms with E-state index in [0.29, 0.717) is 12.4 Å². The van der Waals surface area contributed by atoms with Gasteiger partial charge in [0.1, 0.15) is 23.5 Å². The number of halogens is 1.